The highest BCUT2D eigenvalue weighted by Gasteiger charge is 2.10. The monoisotopic (exact) mass is 426 g/mol. The van der Waals surface area contributed by atoms with Crippen molar-refractivity contribution < 1.29 is 0 Å². The maximum Gasteiger partial charge on any atom is 0.0494 e. The molecule has 0 fully saturated rings. The van der Waals surface area contributed by atoms with Crippen LogP contribution < -0.4 is 5.32 Å². The van der Waals surface area contributed by atoms with Crippen molar-refractivity contribution in [2.24, 2.45) is 0 Å². The molecule has 0 bridgehead atoms. The minimum absolute atomic E-state index is 0.926. The largest absolute Gasteiger partial charge is 0.342 e. The number of nitrogens with one attached hydrogen (secondary N) is 1. The molecule has 0 aliphatic heterocycles. The predicted octanol–water partition coefficient (Wildman–Crippen LogP) is 5.33. The summed E-state index contributed by atoms with van der Waals surface area (Å²) >= 11 is 8.98. The summed E-state index contributed by atoms with van der Waals surface area (Å²) in [7, 11) is 0. The number of benzene rings is 1. The lowest BCUT2D eigenvalue weighted by atomic mass is 10.2. The number of para-hydroxylation sites is 1. The summed E-state index contributed by atoms with van der Waals surface area (Å²) in [6.07, 6.45) is 0. The molecule has 2 nitrogen and oxygen atoms in total. The summed E-state index contributed by atoms with van der Waals surface area (Å²) in [5.41, 5.74) is 2.58. The van der Waals surface area contributed by atoms with Crippen LogP contribution in [-0.2, 0) is 13.1 Å². The van der Waals surface area contributed by atoms with Crippen LogP contribution >= 0.6 is 43.2 Å². The van der Waals surface area contributed by atoms with Crippen LogP contribution in [0.4, 0.5) is 0 Å². The Hall–Kier alpha value is -0.620. The molecule has 0 aliphatic rings. The van der Waals surface area contributed by atoms with Gasteiger partial charge in [-0.15, -0.1) is 11.3 Å². The molecule has 3 aromatic rings. The van der Waals surface area contributed by atoms with E-state index in [1.54, 1.807) is 11.3 Å². The average Bonchev–Trinajstić information content (AvgIpc) is 3.00. The Morgan fingerprint density at radius 1 is 1.24 bits per heavy atom. The molecule has 0 aliphatic carbocycles. The summed E-state index contributed by atoms with van der Waals surface area (Å²) in [5, 5.41) is 6.93. The van der Waals surface area contributed by atoms with Gasteiger partial charge in [0.2, 0.25) is 0 Å². The number of hydrogen-bond donors (Lipinski definition) is 1. The zero-order valence-corrected chi connectivity index (χ0v) is 15.7. The predicted molar refractivity (Wildman–Crippen MR) is 98.1 cm³/mol. The fraction of sp³-hybridized carbons (Fsp3) is 0.250. The first-order chi connectivity index (χ1) is 10.2. The highest BCUT2D eigenvalue weighted by Crippen LogP contribution is 2.30. The van der Waals surface area contributed by atoms with Crippen LogP contribution in [0.25, 0.3) is 10.9 Å². The van der Waals surface area contributed by atoms with Crippen molar-refractivity contribution in [2.75, 3.05) is 6.54 Å². The standard InChI is InChI=1S/C16H16Br2N2S/c1-11-16(18)14-4-2-3-5-15(14)20(11)7-6-19-9-13-8-12(17)10-21-13/h2-5,8,10,19H,6-7,9H2,1H3. The van der Waals surface area contributed by atoms with Gasteiger partial charge in [0.15, 0.2) is 0 Å². The molecule has 5 heteroatoms. The number of aromatic nitrogens is 1. The SMILES string of the molecule is Cc1c(Br)c2ccccc2n1CCNCc1cc(Br)cs1. The molecule has 1 N–H and O–H groups in total. The molecule has 0 radical (unpaired) electrons. The van der Waals surface area contributed by atoms with Crippen LogP contribution in [0.3, 0.4) is 0 Å². The average molecular weight is 428 g/mol. The zero-order chi connectivity index (χ0) is 14.8. The van der Waals surface area contributed by atoms with Crippen LogP contribution in [0.15, 0.2) is 44.7 Å². The Kier molecular flexibility index (Phi) is 4.84. The van der Waals surface area contributed by atoms with Gasteiger partial charge in [-0.05, 0) is 50.9 Å². The van der Waals surface area contributed by atoms with Gasteiger partial charge in [0.1, 0.15) is 0 Å². The Morgan fingerprint density at radius 2 is 2.05 bits per heavy atom. The molecule has 0 spiro atoms. The van der Waals surface area contributed by atoms with Crippen LogP contribution in [0, 0.1) is 6.92 Å². The Bertz CT molecular complexity index is 761. The molecule has 21 heavy (non-hydrogen) atoms. The van der Waals surface area contributed by atoms with Crippen molar-refractivity contribution in [3.63, 3.8) is 0 Å². The van der Waals surface area contributed by atoms with Crippen molar-refractivity contribution in [1.29, 1.82) is 0 Å². The van der Waals surface area contributed by atoms with Crippen LogP contribution in [0.1, 0.15) is 10.6 Å². The van der Waals surface area contributed by atoms with E-state index < -0.39 is 0 Å². The molecule has 0 amide bonds. The lowest BCUT2D eigenvalue weighted by Gasteiger charge is -2.09. The Balaban J connectivity index is 1.67. The van der Waals surface area contributed by atoms with E-state index in [-0.39, 0.29) is 0 Å². The van der Waals surface area contributed by atoms with Crippen LogP contribution in [0.5, 0.6) is 0 Å². The molecular weight excluding hydrogens is 412 g/mol. The van der Waals surface area contributed by atoms with Gasteiger partial charge in [0, 0.05) is 55.4 Å². The van der Waals surface area contributed by atoms with Crippen molar-refractivity contribution in [3.8, 4) is 0 Å². The smallest absolute Gasteiger partial charge is 0.0494 e. The Labute approximate surface area is 145 Å². The maximum atomic E-state index is 3.71. The second-order valence-electron chi connectivity index (χ2n) is 4.98. The van der Waals surface area contributed by atoms with E-state index in [0.717, 1.165) is 19.6 Å². The number of thiophene rings is 1. The zero-order valence-electron chi connectivity index (χ0n) is 11.7. The minimum atomic E-state index is 0.926. The summed E-state index contributed by atoms with van der Waals surface area (Å²) in [4.78, 5) is 1.36. The summed E-state index contributed by atoms with van der Waals surface area (Å²) in [6, 6.07) is 10.7. The van der Waals surface area contributed by atoms with Crippen molar-refractivity contribution in [3.05, 3.63) is 55.2 Å². The van der Waals surface area contributed by atoms with E-state index in [1.165, 1.54) is 30.4 Å². The number of nitrogens with zero attached hydrogens (tertiary/aromatic N) is 1. The van der Waals surface area contributed by atoms with Gasteiger partial charge in [0.05, 0.1) is 0 Å². The first kappa shape index (κ1) is 15.3. The number of halogens is 2. The fourth-order valence-corrected chi connectivity index (χ4v) is 4.50. The molecule has 0 saturated heterocycles. The Morgan fingerprint density at radius 3 is 2.81 bits per heavy atom. The molecule has 0 unspecified atom stereocenters. The van der Waals surface area contributed by atoms with Crippen molar-refractivity contribution in [1.82, 2.24) is 9.88 Å². The van der Waals surface area contributed by atoms with Gasteiger partial charge in [-0.3, -0.25) is 0 Å². The second-order valence-corrected chi connectivity index (χ2v) is 7.68. The van der Waals surface area contributed by atoms with Crippen molar-refractivity contribution >= 4 is 54.1 Å². The molecule has 0 saturated carbocycles. The fourth-order valence-electron chi connectivity index (χ4n) is 2.53. The first-order valence-electron chi connectivity index (χ1n) is 6.84. The van der Waals surface area contributed by atoms with E-state index in [2.05, 4.69) is 84.4 Å². The minimum Gasteiger partial charge on any atom is -0.342 e. The molecule has 3 rings (SSSR count). The van der Waals surface area contributed by atoms with Gasteiger partial charge in [-0.25, -0.2) is 0 Å². The van der Waals surface area contributed by atoms with Crippen LogP contribution in [-0.4, -0.2) is 11.1 Å². The lowest BCUT2D eigenvalue weighted by Crippen LogP contribution is -2.19. The molecule has 110 valence electrons. The van der Waals surface area contributed by atoms with Gasteiger partial charge in [-0.2, -0.15) is 0 Å². The maximum absolute atomic E-state index is 3.71. The first-order valence-corrected chi connectivity index (χ1v) is 9.30. The van der Waals surface area contributed by atoms with Crippen molar-refractivity contribution in [2.45, 2.75) is 20.0 Å². The highest BCUT2D eigenvalue weighted by atomic mass is 79.9. The van der Waals surface area contributed by atoms with Gasteiger partial charge in [0.25, 0.3) is 0 Å². The third kappa shape index (κ3) is 3.26. The molecular formula is C16H16Br2N2S. The van der Waals surface area contributed by atoms with E-state index in [1.807, 2.05) is 0 Å². The second kappa shape index (κ2) is 6.65. The summed E-state index contributed by atoms with van der Waals surface area (Å²) < 4.78 is 4.75. The number of rotatable bonds is 5. The van der Waals surface area contributed by atoms with Crippen LogP contribution in [0.2, 0.25) is 0 Å². The lowest BCUT2D eigenvalue weighted by molar-refractivity contribution is 0.604. The third-order valence-electron chi connectivity index (χ3n) is 3.59. The van der Waals surface area contributed by atoms with Gasteiger partial charge in [-0.1, -0.05) is 18.2 Å². The number of fused-ring (bicyclic) bond motifs is 1. The van der Waals surface area contributed by atoms with E-state index in [4.69, 9.17) is 0 Å². The van der Waals surface area contributed by atoms with Gasteiger partial charge < -0.3 is 9.88 Å². The topological polar surface area (TPSA) is 17.0 Å². The summed E-state index contributed by atoms with van der Waals surface area (Å²) in [5.74, 6) is 0. The molecule has 2 heterocycles. The van der Waals surface area contributed by atoms with E-state index in [9.17, 15) is 0 Å². The highest BCUT2D eigenvalue weighted by molar-refractivity contribution is 9.11. The van der Waals surface area contributed by atoms with E-state index in [0.29, 0.717) is 0 Å². The number of hydrogen-bond acceptors (Lipinski definition) is 2. The summed E-state index contributed by atoms with van der Waals surface area (Å²) in [6.45, 7) is 5.03. The quantitative estimate of drug-likeness (QED) is 0.544. The normalized spacial score (nSPS) is 11.4. The molecule has 0 atom stereocenters. The van der Waals surface area contributed by atoms with Gasteiger partial charge >= 0.3 is 0 Å². The third-order valence-corrected chi connectivity index (χ3v) is 6.29. The molecule has 1 aromatic carbocycles. The van der Waals surface area contributed by atoms with E-state index >= 15 is 0 Å². The molecule has 2 aromatic heterocycles.